The lowest BCUT2D eigenvalue weighted by Crippen LogP contribution is -2.53. The molecule has 0 spiro atoms. The number of nitrogens with one attached hydrogen (secondary N) is 3. The van der Waals surface area contributed by atoms with E-state index in [1.807, 2.05) is 198 Å². The van der Waals surface area contributed by atoms with Crippen LogP contribution in [0.5, 0.6) is 34.5 Å². The molecule has 9 nitrogen and oxygen atoms in total. The molecule has 1 aliphatic heterocycles. The smallest absolute Gasteiger partial charge is 0.288 e. The largest absolute Gasteiger partial charge is 0.562 e. The molecule has 0 amide bonds. The first-order chi connectivity index (χ1) is 26.2. The van der Waals surface area contributed by atoms with Crippen LogP contribution in [0, 0.1) is 13.8 Å². The first-order valence-electron chi connectivity index (χ1n) is 17.7. The molecular formula is C42H45N3O6P3+3. The highest BCUT2D eigenvalue weighted by atomic mass is 31.3. The van der Waals surface area contributed by atoms with Crippen molar-refractivity contribution in [3.8, 4) is 34.5 Å². The van der Waals surface area contributed by atoms with E-state index < -0.39 is 35.3 Å². The Morgan fingerprint density at radius 2 is 0.759 bits per heavy atom. The van der Waals surface area contributed by atoms with Crippen molar-refractivity contribution < 1.29 is 27.1 Å². The highest BCUT2D eigenvalue weighted by Crippen LogP contribution is 2.75. The Balaban J connectivity index is 1.47. The molecular weight excluding hydrogens is 735 g/mol. The third kappa shape index (κ3) is 9.14. The number of rotatable bonds is 12. The molecule has 7 rings (SSSR count). The predicted octanol–water partition coefficient (Wildman–Crippen LogP) is 11.8. The minimum Gasteiger partial charge on any atom is -0.288 e. The van der Waals surface area contributed by atoms with E-state index in [4.69, 9.17) is 27.1 Å². The van der Waals surface area contributed by atoms with E-state index in [1.54, 1.807) is 0 Å². The zero-order chi connectivity index (χ0) is 37.4. The van der Waals surface area contributed by atoms with Gasteiger partial charge in [0.25, 0.3) is 0 Å². The fourth-order valence-electron chi connectivity index (χ4n) is 5.75. The molecule has 276 valence electrons. The Hall–Kier alpha value is -4.71. The number of hydrogen-bond donors (Lipinski definition) is 3. The first-order valence-corrected chi connectivity index (χ1v) is 22.8. The number of hydrogen-bond acceptors (Lipinski definition) is 9. The Labute approximate surface area is 319 Å². The number of para-hydroxylation sites is 4. The van der Waals surface area contributed by atoms with E-state index in [9.17, 15) is 0 Å². The molecule has 1 saturated heterocycles. The molecule has 6 aromatic carbocycles. The molecule has 12 heteroatoms. The second-order valence-electron chi connectivity index (χ2n) is 12.9. The van der Waals surface area contributed by atoms with Gasteiger partial charge in [-0.2, -0.15) is 0 Å². The van der Waals surface area contributed by atoms with Gasteiger partial charge in [0.2, 0.25) is 11.6 Å². The van der Waals surface area contributed by atoms with Crippen LogP contribution in [0.2, 0.25) is 0 Å². The highest BCUT2D eigenvalue weighted by Gasteiger charge is 2.75. The summed E-state index contributed by atoms with van der Waals surface area (Å²) in [7, 11) is -10.4. The molecule has 6 aromatic rings. The van der Waals surface area contributed by atoms with Crippen molar-refractivity contribution in [2.75, 3.05) is 0 Å². The monoisotopic (exact) mass is 780 g/mol. The van der Waals surface area contributed by atoms with Crippen LogP contribution >= 0.6 is 23.8 Å². The second-order valence-corrected chi connectivity index (χ2v) is 20.3. The number of benzene rings is 6. The van der Waals surface area contributed by atoms with Gasteiger partial charge in [0.05, 0.1) is 4.86 Å². The Bertz CT molecular complexity index is 2050. The fraction of sp³-hybridized carbons (Fsp3) is 0.143. The summed E-state index contributed by atoms with van der Waals surface area (Å²) in [4.78, 5) is 3.82. The van der Waals surface area contributed by atoms with Crippen LogP contribution in [-0.4, -0.2) is 11.6 Å². The average molecular weight is 781 g/mol. The summed E-state index contributed by atoms with van der Waals surface area (Å²) in [6, 6.07) is 54.4. The van der Waals surface area contributed by atoms with E-state index in [0.29, 0.717) is 34.5 Å². The third-order valence-electron chi connectivity index (χ3n) is 8.43. The molecule has 0 aliphatic carbocycles. The third-order valence-corrected chi connectivity index (χ3v) is 17.6. The summed E-state index contributed by atoms with van der Waals surface area (Å²) in [6.07, 6.45) is 0. The maximum Gasteiger partial charge on any atom is 0.562 e. The van der Waals surface area contributed by atoms with Gasteiger partial charge in [0, 0.05) is 0 Å². The molecule has 4 atom stereocenters. The van der Waals surface area contributed by atoms with Gasteiger partial charge in [0.1, 0.15) is 0 Å². The van der Waals surface area contributed by atoms with Gasteiger partial charge in [-0.3, -0.25) is 27.1 Å². The molecule has 1 aliphatic rings. The van der Waals surface area contributed by atoms with Crippen molar-refractivity contribution in [3.05, 3.63) is 181 Å². The second kappa shape index (κ2) is 16.8. The van der Waals surface area contributed by atoms with Crippen LogP contribution in [-0.2, 0) is 0 Å². The lowest BCUT2D eigenvalue weighted by atomic mass is 10.2. The van der Waals surface area contributed by atoms with E-state index in [2.05, 4.69) is 15.0 Å². The van der Waals surface area contributed by atoms with Crippen molar-refractivity contribution in [2.45, 2.75) is 39.3 Å². The normalized spacial score (nSPS) is 22.1. The highest BCUT2D eigenvalue weighted by molar-refractivity contribution is 7.81. The predicted molar refractivity (Wildman–Crippen MR) is 221 cm³/mol. The van der Waals surface area contributed by atoms with E-state index >= 15 is 0 Å². The first kappa shape index (κ1) is 37.6. The van der Waals surface area contributed by atoms with E-state index in [0.717, 1.165) is 11.1 Å². The SMILES string of the molecule is Cc1ccc(O[P+]2(Oc3ccccc3)NC(C)[P+](Oc3ccccc3)(Oc3ccccc3)N[P+](Oc3ccccc3)(Oc3cccc(C)c3)NC2C)cc1. The molecule has 0 bridgehead atoms. The quantitative estimate of drug-likeness (QED) is 0.105. The molecule has 54 heavy (non-hydrogen) atoms. The molecule has 0 radical (unpaired) electrons. The summed E-state index contributed by atoms with van der Waals surface area (Å²) < 4.78 is 42.7. The average Bonchev–Trinajstić information content (AvgIpc) is 3.17. The van der Waals surface area contributed by atoms with E-state index in [-0.39, 0.29) is 0 Å². The fourth-order valence-corrected chi connectivity index (χ4v) is 15.7. The summed E-state index contributed by atoms with van der Waals surface area (Å²) in [6.45, 7) is 8.12. The van der Waals surface area contributed by atoms with Gasteiger partial charge in [-0.1, -0.05) is 113 Å². The van der Waals surface area contributed by atoms with Crippen molar-refractivity contribution in [1.82, 2.24) is 15.0 Å². The molecule has 3 N–H and O–H groups in total. The zero-order valence-electron chi connectivity index (χ0n) is 30.6. The Morgan fingerprint density at radius 1 is 0.370 bits per heavy atom. The summed E-state index contributed by atoms with van der Waals surface area (Å²) in [5.74, 6) is 2.49. The zero-order valence-corrected chi connectivity index (χ0v) is 33.3. The number of aryl methyl sites for hydroxylation is 2. The van der Waals surface area contributed by atoms with Gasteiger partial charge in [-0.15, -0.1) is 0 Å². The molecule has 0 saturated carbocycles. The van der Waals surface area contributed by atoms with Crippen molar-refractivity contribution in [3.63, 3.8) is 0 Å². The standard InChI is InChI=1S/C42H45N3O6P3/c1-33-28-30-41(31-29-33)47-52(46-37-19-9-5-10-20-37)36(4)44-54(50-40-25-15-8-16-26-40,51-42-27-17-18-34(2)32-42)45-53(35(3)43-52,48-38-21-11-6-12-22-38)49-39-23-13-7-14-24-39/h5-32,35-36,43-45H,1-4H3/q+3. The molecule has 0 aromatic heterocycles. The lowest BCUT2D eigenvalue weighted by molar-refractivity contribution is 0.375. The summed E-state index contributed by atoms with van der Waals surface area (Å²) >= 11 is 0. The van der Waals surface area contributed by atoms with Gasteiger partial charge in [-0.25, -0.2) is 0 Å². The Morgan fingerprint density at radius 3 is 1.24 bits per heavy atom. The summed E-state index contributed by atoms with van der Waals surface area (Å²) in [5.41, 5.74) is 2.14. The maximum atomic E-state index is 7.14. The lowest BCUT2D eigenvalue weighted by Gasteiger charge is -2.38. The van der Waals surface area contributed by atoms with Gasteiger partial charge >= 0.3 is 23.8 Å². The van der Waals surface area contributed by atoms with Crippen LogP contribution in [0.15, 0.2) is 170 Å². The Kier molecular flexibility index (Phi) is 11.7. The maximum absolute atomic E-state index is 7.14. The van der Waals surface area contributed by atoms with Crippen molar-refractivity contribution >= 4 is 23.8 Å². The van der Waals surface area contributed by atoms with Crippen LogP contribution in [0.1, 0.15) is 25.0 Å². The molecule has 1 heterocycles. The van der Waals surface area contributed by atoms with Gasteiger partial charge < -0.3 is 0 Å². The minimum atomic E-state index is -3.58. The van der Waals surface area contributed by atoms with Crippen LogP contribution in [0.4, 0.5) is 0 Å². The van der Waals surface area contributed by atoms with Crippen molar-refractivity contribution in [1.29, 1.82) is 0 Å². The summed E-state index contributed by atoms with van der Waals surface area (Å²) in [5, 5.41) is 7.65. The van der Waals surface area contributed by atoms with E-state index in [1.165, 1.54) is 0 Å². The topological polar surface area (TPSA) is 91.5 Å². The minimum absolute atomic E-state index is 0.550. The van der Waals surface area contributed by atoms with Gasteiger partial charge in [-0.05, 0) is 106 Å². The molecule has 1 fully saturated rings. The van der Waals surface area contributed by atoms with Crippen LogP contribution in [0.25, 0.3) is 0 Å². The van der Waals surface area contributed by atoms with Gasteiger partial charge in [0.15, 0.2) is 34.5 Å². The van der Waals surface area contributed by atoms with Crippen LogP contribution < -0.4 is 42.2 Å². The van der Waals surface area contributed by atoms with Crippen LogP contribution in [0.3, 0.4) is 0 Å². The molecule has 4 unspecified atom stereocenters. The van der Waals surface area contributed by atoms with Crippen molar-refractivity contribution in [2.24, 2.45) is 0 Å².